The fourth-order valence-corrected chi connectivity index (χ4v) is 3.02. The Hall–Kier alpha value is -2.11. The first kappa shape index (κ1) is 21.2. The molecule has 0 aliphatic carbocycles. The van der Waals surface area contributed by atoms with Crippen LogP contribution in [0.4, 0.5) is 0 Å². The van der Waals surface area contributed by atoms with Gasteiger partial charge in [-0.2, -0.15) is 0 Å². The maximum Gasteiger partial charge on any atom is 0.227 e. The van der Waals surface area contributed by atoms with E-state index in [1.807, 2.05) is 43.3 Å². The van der Waals surface area contributed by atoms with Crippen LogP contribution in [0.15, 0.2) is 53.1 Å². The molecule has 5 nitrogen and oxygen atoms in total. The molecular formula is C21H27ClN2O3. The zero-order valence-corrected chi connectivity index (χ0v) is 16.8. The minimum atomic E-state index is -0.211. The Morgan fingerprint density at radius 1 is 1.41 bits per heavy atom. The van der Waals surface area contributed by atoms with Crippen LogP contribution in [0, 0.1) is 5.92 Å². The van der Waals surface area contributed by atoms with Gasteiger partial charge in [-0.25, -0.2) is 0 Å². The molecule has 1 N–H and O–H groups in total. The van der Waals surface area contributed by atoms with Gasteiger partial charge in [0.05, 0.1) is 12.5 Å². The third-order valence-corrected chi connectivity index (χ3v) is 4.82. The van der Waals surface area contributed by atoms with Crippen LogP contribution >= 0.6 is 11.6 Å². The Bertz CT molecular complexity index is 711. The lowest BCUT2D eigenvalue weighted by molar-refractivity contribution is -0.123. The lowest BCUT2D eigenvalue weighted by atomic mass is 9.96. The van der Waals surface area contributed by atoms with Crippen molar-refractivity contribution in [1.82, 2.24) is 5.32 Å². The molecule has 0 fully saturated rings. The molecule has 0 saturated heterocycles. The van der Waals surface area contributed by atoms with Crippen molar-refractivity contribution in [3.05, 3.63) is 58.7 Å². The van der Waals surface area contributed by atoms with E-state index in [-0.39, 0.29) is 17.7 Å². The second kappa shape index (κ2) is 10.9. The Morgan fingerprint density at radius 3 is 2.74 bits per heavy atom. The van der Waals surface area contributed by atoms with Gasteiger partial charge in [-0.1, -0.05) is 35.4 Å². The molecule has 1 aliphatic heterocycles. The number of hydrogen-bond donors (Lipinski definition) is 1. The number of carbonyl (C=O) groups is 1. The number of methoxy groups -OCH3 is 1. The zero-order chi connectivity index (χ0) is 19.6. The van der Waals surface area contributed by atoms with Crippen LogP contribution in [0.1, 0.15) is 24.8 Å². The highest BCUT2D eigenvalue weighted by Crippen LogP contribution is 2.22. The summed E-state index contributed by atoms with van der Waals surface area (Å²) in [7, 11) is 3.28. The molecule has 1 aromatic carbocycles. The van der Waals surface area contributed by atoms with Crippen molar-refractivity contribution in [3.63, 3.8) is 0 Å². The molecule has 1 aliphatic rings. The van der Waals surface area contributed by atoms with Crippen molar-refractivity contribution in [3.8, 4) is 0 Å². The first-order valence-electron chi connectivity index (χ1n) is 9.03. The van der Waals surface area contributed by atoms with E-state index in [0.29, 0.717) is 32.1 Å². The summed E-state index contributed by atoms with van der Waals surface area (Å²) < 4.78 is 10.8. The van der Waals surface area contributed by atoms with E-state index in [9.17, 15) is 4.79 Å². The molecule has 146 valence electrons. The van der Waals surface area contributed by atoms with E-state index in [2.05, 4.69) is 16.4 Å². The monoisotopic (exact) mass is 390 g/mol. The molecule has 2 unspecified atom stereocenters. The van der Waals surface area contributed by atoms with Crippen LogP contribution in [0.3, 0.4) is 0 Å². The van der Waals surface area contributed by atoms with Gasteiger partial charge in [0, 0.05) is 31.7 Å². The summed E-state index contributed by atoms with van der Waals surface area (Å²) >= 11 is 5.93. The van der Waals surface area contributed by atoms with Gasteiger partial charge in [0.15, 0.2) is 0 Å². The normalized spacial score (nSPS) is 18.0. The highest BCUT2D eigenvalue weighted by Gasteiger charge is 2.19. The molecule has 6 heteroatoms. The number of carbonyl (C=O) groups excluding carboxylic acids is 1. The molecular weight excluding hydrogens is 364 g/mol. The van der Waals surface area contributed by atoms with Gasteiger partial charge >= 0.3 is 0 Å². The summed E-state index contributed by atoms with van der Waals surface area (Å²) in [5.41, 5.74) is 2.14. The predicted molar refractivity (Wildman–Crippen MR) is 109 cm³/mol. The Kier molecular flexibility index (Phi) is 8.55. The smallest absolute Gasteiger partial charge is 0.227 e. The summed E-state index contributed by atoms with van der Waals surface area (Å²) in [6.45, 7) is 3.49. The van der Waals surface area contributed by atoms with Gasteiger partial charge in [0.1, 0.15) is 6.61 Å². The van der Waals surface area contributed by atoms with E-state index in [4.69, 9.17) is 21.1 Å². The maximum atomic E-state index is 12.0. The highest BCUT2D eigenvalue weighted by atomic mass is 35.5. The molecule has 27 heavy (non-hydrogen) atoms. The third-order valence-electron chi connectivity index (χ3n) is 4.57. The molecule has 0 saturated carbocycles. The second-order valence-corrected chi connectivity index (χ2v) is 6.84. The highest BCUT2D eigenvalue weighted by molar-refractivity contribution is 6.30. The SMILES string of the molecule is CNC(=O)C(CCOC)/C(C)=C\COC1=NCC(c2ccc(Cl)cc2)C=C1. The number of amides is 1. The quantitative estimate of drug-likeness (QED) is 0.687. The van der Waals surface area contributed by atoms with E-state index in [1.165, 1.54) is 5.56 Å². The van der Waals surface area contributed by atoms with Crippen LogP contribution in [-0.4, -0.2) is 45.7 Å². The fourth-order valence-electron chi connectivity index (χ4n) is 2.90. The Balaban J connectivity index is 1.87. The van der Waals surface area contributed by atoms with Crippen LogP contribution in [0.2, 0.25) is 5.02 Å². The van der Waals surface area contributed by atoms with Crippen molar-refractivity contribution >= 4 is 23.4 Å². The summed E-state index contributed by atoms with van der Waals surface area (Å²) in [5, 5.41) is 3.43. The molecule has 0 spiro atoms. The summed E-state index contributed by atoms with van der Waals surface area (Å²) in [6, 6.07) is 7.81. The van der Waals surface area contributed by atoms with E-state index in [0.717, 1.165) is 10.6 Å². The number of nitrogens with zero attached hydrogens (tertiary/aromatic N) is 1. The molecule has 2 atom stereocenters. The lowest BCUT2D eigenvalue weighted by Crippen LogP contribution is -2.29. The fraction of sp³-hybridized carbons (Fsp3) is 0.429. The largest absolute Gasteiger partial charge is 0.474 e. The van der Waals surface area contributed by atoms with Gasteiger partial charge < -0.3 is 14.8 Å². The number of aliphatic imine (C=N–C) groups is 1. The second-order valence-electron chi connectivity index (χ2n) is 6.40. The third kappa shape index (κ3) is 6.52. The minimum absolute atomic E-state index is 0.0125. The Labute approximate surface area is 166 Å². The molecule has 1 amide bonds. The van der Waals surface area contributed by atoms with Crippen LogP contribution in [-0.2, 0) is 14.3 Å². The molecule has 1 heterocycles. The molecule has 1 aromatic rings. The number of ether oxygens (including phenoxy) is 2. The number of dihydropyridines is 1. The van der Waals surface area contributed by atoms with Crippen LogP contribution < -0.4 is 5.32 Å². The van der Waals surface area contributed by atoms with E-state index < -0.39 is 0 Å². The number of halogens is 1. The number of rotatable bonds is 8. The number of benzene rings is 1. The molecule has 2 rings (SSSR count). The van der Waals surface area contributed by atoms with Gasteiger partial charge in [0.2, 0.25) is 11.8 Å². The predicted octanol–water partition coefficient (Wildman–Crippen LogP) is 3.75. The average Bonchev–Trinajstić information content (AvgIpc) is 2.69. The standard InChI is InChI=1S/C21H27ClN2O3/c1-15(19(11-12-26-3)21(25)23-2)10-13-27-20-9-6-17(14-24-20)16-4-7-18(22)8-5-16/h4-10,17,19H,11-14H2,1-3H3,(H,23,25)/b15-10-. The van der Waals surface area contributed by atoms with Crippen molar-refractivity contribution in [1.29, 1.82) is 0 Å². The average molecular weight is 391 g/mol. The van der Waals surface area contributed by atoms with Crippen molar-refractivity contribution in [2.24, 2.45) is 10.9 Å². The van der Waals surface area contributed by atoms with Crippen LogP contribution in [0.25, 0.3) is 0 Å². The van der Waals surface area contributed by atoms with Gasteiger partial charge in [0.25, 0.3) is 0 Å². The first-order chi connectivity index (χ1) is 13.0. The number of nitrogens with one attached hydrogen (secondary N) is 1. The summed E-state index contributed by atoms with van der Waals surface area (Å²) in [4.78, 5) is 16.5. The van der Waals surface area contributed by atoms with Gasteiger partial charge in [-0.05, 0) is 43.2 Å². The summed E-state index contributed by atoms with van der Waals surface area (Å²) in [6.07, 6.45) is 6.56. The van der Waals surface area contributed by atoms with Crippen molar-refractivity contribution < 1.29 is 14.3 Å². The summed E-state index contributed by atoms with van der Waals surface area (Å²) in [5.74, 6) is 0.620. The van der Waals surface area contributed by atoms with Gasteiger partial charge in [-0.3, -0.25) is 9.79 Å². The first-order valence-corrected chi connectivity index (χ1v) is 9.41. The van der Waals surface area contributed by atoms with Crippen LogP contribution in [0.5, 0.6) is 0 Å². The molecule has 0 bridgehead atoms. The molecule has 0 radical (unpaired) electrons. The molecule has 0 aromatic heterocycles. The van der Waals surface area contributed by atoms with Gasteiger partial charge in [-0.15, -0.1) is 0 Å². The van der Waals surface area contributed by atoms with E-state index >= 15 is 0 Å². The number of hydrogen-bond acceptors (Lipinski definition) is 4. The lowest BCUT2D eigenvalue weighted by Gasteiger charge is -2.17. The topological polar surface area (TPSA) is 59.9 Å². The van der Waals surface area contributed by atoms with Crippen molar-refractivity contribution in [2.75, 3.05) is 33.9 Å². The Morgan fingerprint density at radius 2 is 2.15 bits per heavy atom. The van der Waals surface area contributed by atoms with Crippen molar-refractivity contribution in [2.45, 2.75) is 19.3 Å². The zero-order valence-electron chi connectivity index (χ0n) is 16.1. The maximum absolute atomic E-state index is 12.0. The minimum Gasteiger partial charge on any atom is -0.474 e. The van der Waals surface area contributed by atoms with E-state index in [1.54, 1.807) is 14.2 Å².